The third-order valence-electron chi connectivity index (χ3n) is 3.22. The monoisotopic (exact) mass is 298 g/mol. The van der Waals surface area contributed by atoms with Gasteiger partial charge in [-0.25, -0.2) is 4.98 Å². The summed E-state index contributed by atoms with van der Waals surface area (Å²) < 4.78 is 0. The van der Waals surface area contributed by atoms with Gasteiger partial charge < -0.3 is 10.2 Å². The van der Waals surface area contributed by atoms with Crippen LogP contribution < -0.4 is 10.2 Å². The standard InChI is InChI=1S/C16H15ClN4/c1-21(2)12-9-7-11(8-10-12)18-15-13-5-3-4-6-14(13)19-16(17)20-15/h3-10H,1-2H3,(H,18,19,20). The smallest absolute Gasteiger partial charge is 0.224 e. The van der Waals surface area contributed by atoms with E-state index in [-0.39, 0.29) is 5.28 Å². The van der Waals surface area contributed by atoms with E-state index >= 15 is 0 Å². The molecular formula is C16H15ClN4. The molecule has 0 radical (unpaired) electrons. The van der Waals surface area contributed by atoms with Crippen LogP contribution in [0.2, 0.25) is 5.28 Å². The number of nitrogens with one attached hydrogen (secondary N) is 1. The lowest BCUT2D eigenvalue weighted by Crippen LogP contribution is -2.08. The molecule has 0 atom stereocenters. The van der Waals surface area contributed by atoms with E-state index in [1.165, 1.54) is 0 Å². The van der Waals surface area contributed by atoms with Gasteiger partial charge in [0.1, 0.15) is 5.82 Å². The molecule has 0 aliphatic carbocycles. The van der Waals surface area contributed by atoms with Crippen LogP contribution in [0, 0.1) is 0 Å². The molecule has 0 spiro atoms. The minimum Gasteiger partial charge on any atom is -0.378 e. The number of fused-ring (bicyclic) bond motifs is 1. The van der Waals surface area contributed by atoms with Gasteiger partial charge in [0, 0.05) is 30.9 Å². The Morgan fingerprint density at radius 3 is 2.38 bits per heavy atom. The molecule has 1 N–H and O–H groups in total. The highest BCUT2D eigenvalue weighted by Crippen LogP contribution is 2.26. The first kappa shape index (κ1) is 13.6. The van der Waals surface area contributed by atoms with Crippen LogP contribution in [-0.2, 0) is 0 Å². The lowest BCUT2D eigenvalue weighted by atomic mass is 10.2. The maximum atomic E-state index is 5.99. The molecule has 2 aromatic carbocycles. The highest BCUT2D eigenvalue weighted by molar-refractivity contribution is 6.28. The van der Waals surface area contributed by atoms with Gasteiger partial charge in [-0.2, -0.15) is 4.98 Å². The van der Waals surface area contributed by atoms with Gasteiger partial charge in [0.15, 0.2) is 0 Å². The molecule has 0 aliphatic rings. The van der Waals surface area contributed by atoms with Crippen LogP contribution in [0.1, 0.15) is 0 Å². The summed E-state index contributed by atoms with van der Waals surface area (Å²) in [5.74, 6) is 0.711. The molecule has 0 amide bonds. The summed E-state index contributed by atoms with van der Waals surface area (Å²) in [5.41, 5.74) is 2.93. The van der Waals surface area contributed by atoms with Crippen LogP contribution in [0.3, 0.4) is 0 Å². The average molecular weight is 299 g/mol. The lowest BCUT2D eigenvalue weighted by Gasteiger charge is -2.13. The number of para-hydroxylation sites is 1. The van der Waals surface area contributed by atoms with E-state index in [1.54, 1.807) is 0 Å². The number of hydrogen-bond acceptors (Lipinski definition) is 4. The van der Waals surface area contributed by atoms with E-state index in [4.69, 9.17) is 11.6 Å². The number of hydrogen-bond donors (Lipinski definition) is 1. The number of aromatic nitrogens is 2. The Kier molecular flexibility index (Phi) is 3.62. The lowest BCUT2D eigenvalue weighted by molar-refractivity contribution is 1.13. The zero-order chi connectivity index (χ0) is 14.8. The molecule has 0 aliphatic heterocycles. The quantitative estimate of drug-likeness (QED) is 0.739. The second kappa shape index (κ2) is 5.58. The molecule has 1 aromatic heterocycles. The van der Waals surface area contributed by atoms with Gasteiger partial charge in [0.05, 0.1) is 5.52 Å². The fourth-order valence-electron chi connectivity index (χ4n) is 2.12. The van der Waals surface area contributed by atoms with E-state index in [1.807, 2.05) is 62.6 Å². The number of rotatable bonds is 3. The van der Waals surface area contributed by atoms with Gasteiger partial charge in [0.2, 0.25) is 5.28 Å². The van der Waals surface area contributed by atoms with Gasteiger partial charge in [-0.15, -0.1) is 0 Å². The molecule has 4 nitrogen and oxygen atoms in total. The van der Waals surface area contributed by atoms with Crippen molar-refractivity contribution >= 4 is 39.7 Å². The first-order chi connectivity index (χ1) is 10.1. The van der Waals surface area contributed by atoms with Crippen LogP contribution in [0.25, 0.3) is 10.9 Å². The van der Waals surface area contributed by atoms with E-state index < -0.39 is 0 Å². The third kappa shape index (κ3) is 2.90. The normalized spacial score (nSPS) is 10.6. The van der Waals surface area contributed by atoms with Crippen LogP contribution in [0.5, 0.6) is 0 Å². The third-order valence-corrected chi connectivity index (χ3v) is 3.39. The molecule has 0 saturated heterocycles. The van der Waals surface area contributed by atoms with Crippen molar-refractivity contribution in [2.45, 2.75) is 0 Å². The van der Waals surface area contributed by atoms with Crippen molar-refractivity contribution in [3.63, 3.8) is 0 Å². The van der Waals surface area contributed by atoms with Crippen LogP contribution >= 0.6 is 11.6 Å². The van der Waals surface area contributed by atoms with Gasteiger partial charge in [-0.05, 0) is 48.0 Å². The van der Waals surface area contributed by atoms with Crippen molar-refractivity contribution in [3.05, 3.63) is 53.8 Å². The molecule has 3 aromatic rings. The minimum atomic E-state index is 0.237. The topological polar surface area (TPSA) is 41.0 Å². The largest absolute Gasteiger partial charge is 0.378 e. The summed E-state index contributed by atoms with van der Waals surface area (Å²) in [4.78, 5) is 10.6. The second-order valence-corrected chi connectivity index (χ2v) is 5.26. The first-order valence-corrected chi connectivity index (χ1v) is 6.98. The van der Waals surface area contributed by atoms with Crippen molar-refractivity contribution in [2.24, 2.45) is 0 Å². The van der Waals surface area contributed by atoms with Gasteiger partial charge >= 0.3 is 0 Å². The zero-order valence-electron chi connectivity index (χ0n) is 11.8. The summed E-state index contributed by atoms with van der Waals surface area (Å²) >= 11 is 5.99. The van der Waals surface area contributed by atoms with E-state index in [2.05, 4.69) is 20.2 Å². The van der Waals surface area contributed by atoms with E-state index in [0.717, 1.165) is 22.3 Å². The van der Waals surface area contributed by atoms with Crippen molar-refractivity contribution in [1.29, 1.82) is 0 Å². The van der Waals surface area contributed by atoms with Crippen molar-refractivity contribution in [1.82, 2.24) is 9.97 Å². The summed E-state index contributed by atoms with van der Waals surface area (Å²) in [6.45, 7) is 0. The Labute approximate surface area is 128 Å². The predicted molar refractivity (Wildman–Crippen MR) is 88.6 cm³/mol. The molecule has 0 bridgehead atoms. The average Bonchev–Trinajstić information content (AvgIpc) is 2.47. The second-order valence-electron chi connectivity index (χ2n) is 4.92. The maximum absolute atomic E-state index is 5.99. The van der Waals surface area contributed by atoms with Crippen LogP contribution in [0.15, 0.2) is 48.5 Å². The Morgan fingerprint density at radius 1 is 0.952 bits per heavy atom. The molecule has 0 unspecified atom stereocenters. The van der Waals surface area contributed by atoms with Crippen molar-refractivity contribution in [2.75, 3.05) is 24.3 Å². The Balaban J connectivity index is 1.97. The molecule has 0 saturated carbocycles. The summed E-state index contributed by atoms with van der Waals surface area (Å²) in [6, 6.07) is 15.9. The Morgan fingerprint density at radius 2 is 1.67 bits per heavy atom. The Hall–Kier alpha value is -2.33. The van der Waals surface area contributed by atoms with Crippen molar-refractivity contribution in [3.8, 4) is 0 Å². The molecule has 3 rings (SSSR count). The molecular weight excluding hydrogens is 284 g/mol. The number of halogens is 1. The van der Waals surface area contributed by atoms with E-state index in [9.17, 15) is 0 Å². The zero-order valence-corrected chi connectivity index (χ0v) is 12.6. The number of benzene rings is 2. The fourth-order valence-corrected chi connectivity index (χ4v) is 2.30. The SMILES string of the molecule is CN(C)c1ccc(Nc2nc(Cl)nc3ccccc23)cc1. The summed E-state index contributed by atoms with van der Waals surface area (Å²) in [5, 5.41) is 4.48. The summed E-state index contributed by atoms with van der Waals surface area (Å²) in [6.07, 6.45) is 0. The number of nitrogens with zero attached hydrogens (tertiary/aromatic N) is 3. The van der Waals surface area contributed by atoms with Crippen LogP contribution in [0.4, 0.5) is 17.2 Å². The van der Waals surface area contributed by atoms with Gasteiger partial charge in [-0.3, -0.25) is 0 Å². The molecule has 106 valence electrons. The predicted octanol–water partition coefficient (Wildman–Crippen LogP) is 4.09. The molecule has 1 heterocycles. The fraction of sp³-hybridized carbons (Fsp3) is 0.125. The summed E-state index contributed by atoms with van der Waals surface area (Å²) in [7, 11) is 4.03. The number of anilines is 3. The molecule has 21 heavy (non-hydrogen) atoms. The maximum Gasteiger partial charge on any atom is 0.224 e. The first-order valence-electron chi connectivity index (χ1n) is 6.60. The Bertz CT molecular complexity index is 769. The van der Waals surface area contributed by atoms with E-state index in [0.29, 0.717) is 5.82 Å². The highest BCUT2D eigenvalue weighted by Gasteiger charge is 2.06. The van der Waals surface area contributed by atoms with Gasteiger partial charge in [0.25, 0.3) is 0 Å². The van der Waals surface area contributed by atoms with Crippen LogP contribution in [-0.4, -0.2) is 24.1 Å². The highest BCUT2D eigenvalue weighted by atomic mass is 35.5. The molecule has 0 fully saturated rings. The van der Waals surface area contributed by atoms with Gasteiger partial charge in [-0.1, -0.05) is 12.1 Å². The molecule has 5 heteroatoms. The van der Waals surface area contributed by atoms with Crippen molar-refractivity contribution < 1.29 is 0 Å². The minimum absolute atomic E-state index is 0.237.